The number of hydrogen-bond donors (Lipinski definition) is 2. The molecule has 5 aliphatic heterocycles. The molecule has 8 atom stereocenters. The molecule has 0 amide bonds. The number of H-pyrrole nitrogens is 1. The predicted octanol–water partition coefficient (Wildman–Crippen LogP) is 6.36. The number of rotatable bonds is 1. The number of fused-ring (bicyclic) bond motifs is 4. The van der Waals surface area contributed by atoms with Crippen LogP contribution in [-0.2, 0) is 0 Å². The number of para-hydroxylation sites is 1. The summed E-state index contributed by atoms with van der Waals surface area (Å²) < 4.78 is 1.12. The molecule has 3 aromatic rings. The van der Waals surface area contributed by atoms with Gasteiger partial charge in [0.1, 0.15) is 23.7 Å². The number of quaternary nitrogens is 1. The average molecular weight is 548 g/mol. The molecule has 6 aliphatic rings. The molecule has 3 bridgehead atoms. The van der Waals surface area contributed by atoms with Gasteiger partial charge in [-0.3, -0.25) is 4.98 Å². The smallest absolute Gasteiger partial charge is 0.136 e. The van der Waals surface area contributed by atoms with E-state index in [1.54, 1.807) is 0 Å². The summed E-state index contributed by atoms with van der Waals surface area (Å²) in [5, 5.41) is 15.8. The standard InChI is InChI=1S/C36H43N4O/c41-36-17-7-3-1-2-4-8-19-39-20-16-30(35(24-39)22-26-14-13-25-10-9-21-40(25,26)34(35)36)29(23-36)32-33-28(15-18-37-32)27-11-5-6-12-31(27)38-33/h1,3,5-6,11-15,18,23,25-26,30,34,38,41H,2,4,7-10,16-17,19-22,24H2/q+1/b3-1-/t25-,26+,30+,34-,35+,36+,40+/m1/s1. The van der Waals surface area contributed by atoms with E-state index in [0.717, 1.165) is 54.5 Å². The van der Waals surface area contributed by atoms with Gasteiger partial charge >= 0.3 is 0 Å². The molecule has 2 aromatic heterocycles. The predicted molar refractivity (Wildman–Crippen MR) is 165 cm³/mol. The second-order valence-electron chi connectivity index (χ2n) is 14.2. The van der Waals surface area contributed by atoms with Crippen molar-refractivity contribution in [2.24, 2.45) is 11.3 Å². The molecule has 1 unspecified atom stereocenters. The topological polar surface area (TPSA) is 52.2 Å². The maximum atomic E-state index is 13.3. The van der Waals surface area contributed by atoms with Gasteiger partial charge in [-0.05, 0) is 93.5 Å². The second kappa shape index (κ2) is 8.89. The molecule has 5 heteroatoms. The van der Waals surface area contributed by atoms with Gasteiger partial charge in [0.25, 0.3) is 0 Å². The van der Waals surface area contributed by atoms with Gasteiger partial charge in [0.2, 0.25) is 0 Å². The van der Waals surface area contributed by atoms with Crippen LogP contribution in [0.4, 0.5) is 0 Å². The van der Waals surface area contributed by atoms with E-state index < -0.39 is 5.60 Å². The molecule has 41 heavy (non-hydrogen) atoms. The molecule has 2 spiro atoms. The van der Waals surface area contributed by atoms with Gasteiger partial charge in [-0.15, -0.1) is 0 Å². The lowest BCUT2D eigenvalue weighted by molar-refractivity contribution is -0.964. The Morgan fingerprint density at radius 2 is 1.85 bits per heavy atom. The quantitative estimate of drug-likeness (QED) is 0.275. The van der Waals surface area contributed by atoms with E-state index in [0.29, 0.717) is 18.0 Å². The highest BCUT2D eigenvalue weighted by molar-refractivity contribution is 6.09. The lowest BCUT2D eigenvalue weighted by atomic mass is 9.54. The molecular weight excluding hydrogens is 504 g/mol. The van der Waals surface area contributed by atoms with Gasteiger partial charge in [-0.2, -0.15) is 0 Å². The van der Waals surface area contributed by atoms with E-state index in [9.17, 15) is 5.11 Å². The molecule has 1 aromatic carbocycles. The van der Waals surface area contributed by atoms with Crippen LogP contribution in [0.15, 0.2) is 66.9 Å². The highest BCUT2D eigenvalue weighted by atomic mass is 16.3. The Morgan fingerprint density at radius 3 is 2.83 bits per heavy atom. The zero-order valence-corrected chi connectivity index (χ0v) is 24.1. The first kappa shape index (κ1) is 24.8. The summed E-state index contributed by atoms with van der Waals surface area (Å²) in [7, 11) is 0. The number of nitrogens with zero attached hydrogens (tertiary/aromatic N) is 3. The average Bonchev–Trinajstić information content (AvgIpc) is 3.71. The first-order chi connectivity index (χ1) is 20.1. The fourth-order valence-electron chi connectivity index (χ4n) is 11.1. The molecule has 0 saturated carbocycles. The Morgan fingerprint density at radius 1 is 0.951 bits per heavy atom. The Labute approximate surface area is 243 Å². The summed E-state index contributed by atoms with van der Waals surface area (Å²) >= 11 is 0. The molecule has 2 N–H and O–H groups in total. The fraction of sp³-hybridized carbons (Fsp3) is 0.528. The van der Waals surface area contributed by atoms with Crippen molar-refractivity contribution in [2.75, 3.05) is 26.2 Å². The van der Waals surface area contributed by atoms with Gasteiger partial charge in [0.15, 0.2) is 0 Å². The van der Waals surface area contributed by atoms with Crippen molar-refractivity contribution in [1.82, 2.24) is 14.9 Å². The van der Waals surface area contributed by atoms with E-state index in [-0.39, 0.29) is 11.5 Å². The Balaban J connectivity index is 1.29. The normalized spacial score (nSPS) is 42.3. The van der Waals surface area contributed by atoms with Crippen molar-refractivity contribution in [1.29, 1.82) is 0 Å². The number of pyridine rings is 1. The number of nitrogens with one attached hydrogen (secondary N) is 1. The van der Waals surface area contributed by atoms with Crippen molar-refractivity contribution >= 4 is 27.4 Å². The van der Waals surface area contributed by atoms with E-state index >= 15 is 0 Å². The largest absolute Gasteiger partial charge is 0.379 e. The van der Waals surface area contributed by atoms with Crippen molar-refractivity contribution in [3.05, 3.63) is 72.6 Å². The summed E-state index contributed by atoms with van der Waals surface area (Å²) in [4.78, 5) is 11.7. The third-order valence-corrected chi connectivity index (χ3v) is 12.3. The highest BCUT2D eigenvalue weighted by Gasteiger charge is 2.76. The van der Waals surface area contributed by atoms with Crippen molar-refractivity contribution in [3.8, 4) is 0 Å². The van der Waals surface area contributed by atoms with Crippen LogP contribution in [0.2, 0.25) is 0 Å². The fourth-order valence-corrected chi connectivity index (χ4v) is 11.1. The van der Waals surface area contributed by atoms with Crippen LogP contribution in [0, 0.1) is 11.3 Å². The maximum absolute atomic E-state index is 13.3. The van der Waals surface area contributed by atoms with Crippen molar-refractivity contribution in [3.63, 3.8) is 0 Å². The Hall–Kier alpha value is -2.73. The van der Waals surface area contributed by atoms with Gasteiger partial charge < -0.3 is 19.5 Å². The zero-order valence-electron chi connectivity index (χ0n) is 24.1. The van der Waals surface area contributed by atoms with Crippen LogP contribution < -0.4 is 0 Å². The highest BCUT2D eigenvalue weighted by Crippen LogP contribution is 2.66. The minimum absolute atomic E-state index is 0.0583. The third-order valence-electron chi connectivity index (χ3n) is 12.3. The first-order valence-electron chi connectivity index (χ1n) is 16.4. The van der Waals surface area contributed by atoms with Crippen LogP contribution in [0.3, 0.4) is 0 Å². The van der Waals surface area contributed by atoms with Crippen LogP contribution in [0.5, 0.6) is 0 Å². The van der Waals surface area contributed by atoms with Crippen LogP contribution in [-0.4, -0.2) is 74.4 Å². The lowest BCUT2D eigenvalue weighted by Crippen LogP contribution is -2.72. The van der Waals surface area contributed by atoms with E-state index in [1.807, 2.05) is 6.20 Å². The summed E-state index contributed by atoms with van der Waals surface area (Å²) in [6, 6.07) is 12.2. The first-order valence-corrected chi connectivity index (χ1v) is 16.4. The molecule has 0 radical (unpaired) electrons. The maximum Gasteiger partial charge on any atom is 0.136 e. The van der Waals surface area contributed by atoms with Crippen molar-refractivity contribution in [2.45, 2.75) is 81.5 Å². The molecule has 7 heterocycles. The molecule has 9 rings (SSSR count). The van der Waals surface area contributed by atoms with Gasteiger partial charge in [-0.1, -0.05) is 30.4 Å². The number of piperidine rings is 1. The summed E-state index contributed by atoms with van der Waals surface area (Å²) in [6.45, 7) is 4.68. The van der Waals surface area contributed by atoms with Crippen molar-refractivity contribution < 1.29 is 9.59 Å². The third kappa shape index (κ3) is 3.31. The van der Waals surface area contributed by atoms with E-state index in [2.05, 4.69) is 70.6 Å². The number of benzene rings is 1. The van der Waals surface area contributed by atoms with Gasteiger partial charge in [-0.25, -0.2) is 0 Å². The Bertz CT molecular complexity index is 1620. The van der Waals surface area contributed by atoms with Gasteiger partial charge in [0, 0.05) is 48.3 Å². The molecule has 5 nitrogen and oxygen atoms in total. The summed E-state index contributed by atoms with van der Waals surface area (Å²) in [6.07, 6.45) is 24.6. The minimum atomic E-state index is -0.855. The monoisotopic (exact) mass is 547 g/mol. The Kier molecular flexibility index (Phi) is 5.38. The van der Waals surface area contributed by atoms with E-state index in [1.165, 1.54) is 67.1 Å². The summed E-state index contributed by atoms with van der Waals surface area (Å²) in [5.74, 6) is 0.418. The number of aromatic nitrogens is 2. The molecule has 212 valence electrons. The summed E-state index contributed by atoms with van der Waals surface area (Å²) in [5.41, 5.74) is 3.90. The molecule has 1 aliphatic carbocycles. The number of aliphatic hydroxyl groups is 1. The SMILES string of the molecule is O[C@]12C=C(c3nccc4c3[nH]c3ccccc34)[C@@H]3CCN(CCCC/C=C\CC1)C[C@@]31C[C@@H]3C=C[C@H]4CCC[N@+]43[C@H]12. The van der Waals surface area contributed by atoms with Gasteiger partial charge in [0.05, 0.1) is 23.2 Å². The van der Waals surface area contributed by atoms with Crippen LogP contribution >= 0.6 is 0 Å². The van der Waals surface area contributed by atoms with E-state index in [4.69, 9.17) is 4.98 Å². The minimum Gasteiger partial charge on any atom is -0.379 e. The second-order valence-corrected chi connectivity index (χ2v) is 14.2. The van der Waals surface area contributed by atoms with Crippen LogP contribution in [0.1, 0.15) is 63.5 Å². The molecule has 3 fully saturated rings. The number of allylic oxidation sites excluding steroid dienone is 3. The lowest BCUT2D eigenvalue weighted by Gasteiger charge is -2.59. The number of hydrogen-bond acceptors (Lipinski definition) is 3. The van der Waals surface area contributed by atoms with Crippen LogP contribution in [0.25, 0.3) is 27.4 Å². The zero-order chi connectivity index (χ0) is 27.2. The molecule has 3 saturated heterocycles. The molecular formula is C36H43N4O+. The number of aromatic amines is 1.